The van der Waals surface area contributed by atoms with Crippen LogP contribution in [-0.2, 0) is 4.79 Å². The molecule has 14 heavy (non-hydrogen) atoms. The lowest BCUT2D eigenvalue weighted by atomic mass is 10.1. The highest BCUT2D eigenvalue weighted by molar-refractivity contribution is 5.80. The van der Waals surface area contributed by atoms with Gasteiger partial charge in [-0.3, -0.25) is 4.90 Å². The van der Waals surface area contributed by atoms with E-state index in [4.69, 9.17) is 5.11 Å². The van der Waals surface area contributed by atoms with Gasteiger partial charge >= 0.3 is 5.97 Å². The van der Waals surface area contributed by atoms with E-state index in [1.54, 1.807) is 0 Å². The van der Waals surface area contributed by atoms with E-state index >= 15 is 0 Å². The molecular formula is C11H19NO2. The maximum atomic E-state index is 10.4. The molecule has 0 aromatic carbocycles. The van der Waals surface area contributed by atoms with Gasteiger partial charge in [0.15, 0.2) is 0 Å². The standard InChI is InChI=1S/C11H19NO2/c1-8-4-10(3)12(6-8)7-9(2)5-11(13)14/h5,8,10H,4,6-7H2,1-3H3,(H,13,14). The smallest absolute Gasteiger partial charge is 0.328 e. The van der Waals surface area contributed by atoms with E-state index in [1.165, 1.54) is 12.5 Å². The van der Waals surface area contributed by atoms with Crippen LogP contribution in [0.4, 0.5) is 0 Å². The number of rotatable bonds is 3. The summed E-state index contributed by atoms with van der Waals surface area (Å²) >= 11 is 0. The van der Waals surface area contributed by atoms with Gasteiger partial charge in [-0.05, 0) is 26.2 Å². The Kier molecular flexibility index (Phi) is 3.69. The van der Waals surface area contributed by atoms with Gasteiger partial charge in [0.2, 0.25) is 0 Å². The lowest BCUT2D eigenvalue weighted by Gasteiger charge is -2.20. The molecule has 0 saturated carbocycles. The Balaban J connectivity index is 2.48. The van der Waals surface area contributed by atoms with Gasteiger partial charge in [0.05, 0.1) is 0 Å². The van der Waals surface area contributed by atoms with Crippen molar-refractivity contribution in [2.24, 2.45) is 5.92 Å². The van der Waals surface area contributed by atoms with Gasteiger partial charge in [-0.25, -0.2) is 4.79 Å². The quantitative estimate of drug-likeness (QED) is 0.701. The van der Waals surface area contributed by atoms with Gasteiger partial charge in [0, 0.05) is 25.2 Å². The molecule has 80 valence electrons. The predicted octanol–water partition coefficient (Wildman–Crippen LogP) is 1.75. The van der Waals surface area contributed by atoms with E-state index in [0.29, 0.717) is 6.04 Å². The van der Waals surface area contributed by atoms with Crippen molar-refractivity contribution in [1.82, 2.24) is 4.90 Å². The zero-order valence-corrected chi connectivity index (χ0v) is 9.16. The molecule has 2 atom stereocenters. The summed E-state index contributed by atoms with van der Waals surface area (Å²) in [4.78, 5) is 12.8. The first kappa shape index (κ1) is 11.2. The third-order valence-electron chi connectivity index (χ3n) is 2.74. The second kappa shape index (κ2) is 4.60. The van der Waals surface area contributed by atoms with Crippen LogP contribution in [0.15, 0.2) is 11.6 Å². The van der Waals surface area contributed by atoms with Crippen molar-refractivity contribution in [3.63, 3.8) is 0 Å². The van der Waals surface area contributed by atoms with Crippen molar-refractivity contribution < 1.29 is 9.90 Å². The van der Waals surface area contributed by atoms with Crippen molar-refractivity contribution in [2.75, 3.05) is 13.1 Å². The lowest BCUT2D eigenvalue weighted by Crippen LogP contribution is -2.29. The van der Waals surface area contributed by atoms with E-state index < -0.39 is 5.97 Å². The van der Waals surface area contributed by atoms with Crippen LogP contribution >= 0.6 is 0 Å². The fraction of sp³-hybridized carbons (Fsp3) is 0.727. The third kappa shape index (κ3) is 3.14. The Morgan fingerprint density at radius 1 is 1.57 bits per heavy atom. The van der Waals surface area contributed by atoms with Crippen molar-refractivity contribution in [1.29, 1.82) is 0 Å². The second-order valence-corrected chi connectivity index (χ2v) is 4.45. The molecule has 0 aliphatic carbocycles. The van der Waals surface area contributed by atoms with E-state index in [2.05, 4.69) is 18.7 Å². The minimum absolute atomic E-state index is 0.585. The molecule has 0 aromatic heterocycles. The summed E-state index contributed by atoms with van der Waals surface area (Å²) < 4.78 is 0. The van der Waals surface area contributed by atoms with Crippen LogP contribution in [0, 0.1) is 5.92 Å². The minimum Gasteiger partial charge on any atom is -0.478 e. The van der Waals surface area contributed by atoms with E-state index in [0.717, 1.165) is 24.6 Å². The van der Waals surface area contributed by atoms with Crippen LogP contribution in [-0.4, -0.2) is 35.1 Å². The van der Waals surface area contributed by atoms with Crippen LogP contribution < -0.4 is 0 Å². The van der Waals surface area contributed by atoms with Gasteiger partial charge in [0.1, 0.15) is 0 Å². The van der Waals surface area contributed by atoms with Crippen molar-refractivity contribution in [2.45, 2.75) is 33.2 Å². The molecule has 1 aliphatic heterocycles. The summed E-state index contributed by atoms with van der Waals surface area (Å²) in [5.41, 5.74) is 0.929. The molecule has 0 amide bonds. The molecule has 0 spiro atoms. The average Bonchev–Trinajstić information content (AvgIpc) is 2.28. The monoisotopic (exact) mass is 197 g/mol. The maximum absolute atomic E-state index is 10.4. The van der Waals surface area contributed by atoms with Crippen molar-refractivity contribution in [3.05, 3.63) is 11.6 Å². The molecule has 0 aromatic rings. The molecule has 1 heterocycles. The largest absolute Gasteiger partial charge is 0.478 e. The molecule has 1 fully saturated rings. The zero-order valence-electron chi connectivity index (χ0n) is 9.16. The van der Waals surface area contributed by atoms with E-state index in [1.807, 2.05) is 6.92 Å². The minimum atomic E-state index is -0.845. The van der Waals surface area contributed by atoms with Gasteiger partial charge in [-0.2, -0.15) is 0 Å². The number of carbonyl (C=O) groups is 1. The lowest BCUT2D eigenvalue weighted by molar-refractivity contribution is -0.131. The number of likely N-dealkylation sites (tertiary alicyclic amines) is 1. The number of carboxylic acids is 1. The molecule has 2 unspecified atom stereocenters. The SMILES string of the molecule is CC(=CC(=O)O)CN1CC(C)CC1C. The Hall–Kier alpha value is -0.830. The highest BCUT2D eigenvalue weighted by Gasteiger charge is 2.25. The summed E-state index contributed by atoms with van der Waals surface area (Å²) in [6, 6.07) is 0.585. The molecular weight excluding hydrogens is 178 g/mol. The molecule has 1 aliphatic rings. The number of hydrogen-bond donors (Lipinski definition) is 1. The van der Waals surface area contributed by atoms with Crippen LogP contribution in [0.2, 0.25) is 0 Å². The van der Waals surface area contributed by atoms with Crippen LogP contribution in [0.1, 0.15) is 27.2 Å². The van der Waals surface area contributed by atoms with Gasteiger partial charge in [-0.1, -0.05) is 12.5 Å². The first-order valence-corrected chi connectivity index (χ1v) is 5.13. The maximum Gasteiger partial charge on any atom is 0.328 e. The Labute approximate surface area is 85.4 Å². The fourth-order valence-electron chi connectivity index (χ4n) is 2.18. The first-order chi connectivity index (χ1) is 6.49. The average molecular weight is 197 g/mol. The molecule has 3 heteroatoms. The summed E-state index contributed by atoms with van der Waals surface area (Å²) in [6.45, 7) is 8.21. The Bertz CT molecular complexity index is 248. The predicted molar refractivity (Wildman–Crippen MR) is 56.2 cm³/mol. The molecule has 1 N–H and O–H groups in total. The highest BCUT2D eigenvalue weighted by atomic mass is 16.4. The van der Waals surface area contributed by atoms with Crippen LogP contribution in [0.25, 0.3) is 0 Å². The number of nitrogens with zero attached hydrogens (tertiary/aromatic N) is 1. The van der Waals surface area contributed by atoms with Gasteiger partial charge < -0.3 is 5.11 Å². The van der Waals surface area contributed by atoms with Gasteiger partial charge in [0.25, 0.3) is 0 Å². The van der Waals surface area contributed by atoms with Crippen LogP contribution in [0.5, 0.6) is 0 Å². The summed E-state index contributed by atoms with van der Waals surface area (Å²) in [5, 5.41) is 8.58. The second-order valence-electron chi connectivity index (χ2n) is 4.45. The normalized spacial score (nSPS) is 29.5. The molecule has 3 nitrogen and oxygen atoms in total. The van der Waals surface area contributed by atoms with Crippen molar-refractivity contribution in [3.8, 4) is 0 Å². The van der Waals surface area contributed by atoms with Crippen LogP contribution in [0.3, 0.4) is 0 Å². The number of aliphatic carboxylic acids is 1. The topological polar surface area (TPSA) is 40.5 Å². The van der Waals surface area contributed by atoms with Crippen molar-refractivity contribution >= 4 is 5.97 Å². The highest BCUT2D eigenvalue weighted by Crippen LogP contribution is 2.22. The first-order valence-electron chi connectivity index (χ1n) is 5.13. The van der Waals surface area contributed by atoms with E-state index in [9.17, 15) is 4.79 Å². The molecule has 1 saturated heterocycles. The summed E-state index contributed by atoms with van der Waals surface area (Å²) in [6.07, 6.45) is 2.52. The van der Waals surface area contributed by atoms with E-state index in [-0.39, 0.29) is 0 Å². The molecule has 0 radical (unpaired) electrons. The Morgan fingerprint density at radius 2 is 2.21 bits per heavy atom. The third-order valence-corrected chi connectivity index (χ3v) is 2.74. The van der Waals surface area contributed by atoms with Gasteiger partial charge in [-0.15, -0.1) is 0 Å². The molecule has 0 bridgehead atoms. The molecule has 1 rings (SSSR count). The summed E-state index contributed by atoms with van der Waals surface area (Å²) in [5.74, 6) is -0.106. The fourth-order valence-corrected chi connectivity index (χ4v) is 2.18. The Morgan fingerprint density at radius 3 is 2.64 bits per heavy atom. The number of hydrogen-bond acceptors (Lipinski definition) is 2. The number of carboxylic acid groups (broad SMARTS) is 1. The zero-order chi connectivity index (χ0) is 10.7. The summed E-state index contributed by atoms with van der Waals surface area (Å²) in [7, 11) is 0.